The van der Waals surface area contributed by atoms with Crippen LogP contribution in [0.25, 0.3) is 11.0 Å². The molecule has 1 aliphatic heterocycles. The topological polar surface area (TPSA) is 69.3 Å². The summed E-state index contributed by atoms with van der Waals surface area (Å²) in [7, 11) is 0. The summed E-state index contributed by atoms with van der Waals surface area (Å²) in [6.45, 7) is 2.22. The van der Waals surface area contributed by atoms with Crippen molar-refractivity contribution in [2.45, 2.75) is 12.8 Å². The Balaban J connectivity index is 1.39. The van der Waals surface area contributed by atoms with Gasteiger partial charge in [0.15, 0.2) is 0 Å². The van der Waals surface area contributed by atoms with Crippen LogP contribution in [0.2, 0.25) is 0 Å². The number of nitrogens with one attached hydrogen (secondary N) is 1. The Labute approximate surface area is 162 Å². The van der Waals surface area contributed by atoms with Crippen molar-refractivity contribution in [2.75, 3.05) is 26.2 Å². The summed E-state index contributed by atoms with van der Waals surface area (Å²) in [6, 6.07) is 11.4. The summed E-state index contributed by atoms with van der Waals surface area (Å²) in [5.41, 5.74) is 3.06. The molecule has 0 radical (unpaired) electrons. The molecule has 1 saturated heterocycles. The maximum absolute atomic E-state index is 13.0. The van der Waals surface area contributed by atoms with Crippen molar-refractivity contribution in [3.05, 3.63) is 65.7 Å². The van der Waals surface area contributed by atoms with Gasteiger partial charge in [0.25, 0.3) is 5.91 Å². The first-order valence-corrected chi connectivity index (χ1v) is 9.35. The first-order chi connectivity index (χ1) is 13.6. The Hall–Kier alpha value is -3.22. The monoisotopic (exact) mass is 380 g/mol. The molecular formula is C21H21FN4O2. The van der Waals surface area contributed by atoms with E-state index in [9.17, 15) is 14.0 Å². The third-order valence-corrected chi connectivity index (χ3v) is 5.07. The summed E-state index contributed by atoms with van der Waals surface area (Å²) >= 11 is 0. The van der Waals surface area contributed by atoms with Gasteiger partial charge in [0.1, 0.15) is 5.82 Å². The maximum Gasteiger partial charge on any atom is 0.253 e. The fraction of sp³-hybridized carbons (Fsp3) is 0.286. The van der Waals surface area contributed by atoms with E-state index >= 15 is 0 Å². The van der Waals surface area contributed by atoms with Crippen LogP contribution in [0.15, 0.2) is 48.8 Å². The Morgan fingerprint density at radius 2 is 1.75 bits per heavy atom. The van der Waals surface area contributed by atoms with Gasteiger partial charge in [-0.1, -0.05) is 12.1 Å². The van der Waals surface area contributed by atoms with Crippen LogP contribution in [0.5, 0.6) is 0 Å². The predicted molar refractivity (Wildman–Crippen MR) is 103 cm³/mol. The number of rotatable bonds is 3. The van der Waals surface area contributed by atoms with Gasteiger partial charge in [0, 0.05) is 31.7 Å². The first-order valence-electron chi connectivity index (χ1n) is 9.35. The minimum Gasteiger partial charge on any atom is -0.345 e. The van der Waals surface area contributed by atoms with Crippen LogP contribution in [-0.2, 0) is 11.2 Å². The Bertz CT molecular complexity index is 999. The second-order valence-corrected chi connectivity index (χ2v) is 6.96. The van der Waals surface area contributed by atoms with Crippen LogP contribution in [0.1, 0.15) is 22.3 Å². The molecule has 0 saturated carbocycles. The van der Waals surface area contributed by atoms with E-state index in [0.29, 0.717) is 31.7 Å². The molecule has 6 nitrogen and oxygen atoms in total. The number of benzene rings is 2. The van der Waals surface area contributed by atoms with Crippen LogP contribution in [0, 0.1) is 5.82 Å². The SMILES string of the molecule is O=C(Cc1ccc(F)cc1)N1CCCN(C(=O)c2ccc3nc[nH]c3c2)CC1. The quantitative estimate of drug-likeness (QED) is 0.759. The molecule has 2 heterocycles. The minimum atomic E-state index is -0.312. The Kier molecular flexibility index (Phi) is 5.06. The minimum absolute atomic E-state index is 0.000198. The standard InChI is InChI=1S/C21H21FN4O2/c22-17-5-2-15(3-6-17)12-20(27)25-8-1-9-26(11-10-25)21(28)16-4-7-18-19(13-16)24-14-23-18/h2-7,13-14H,1,8-12H2,(H,23,24). The van der Waals surface area contributed by atoms with Gasteiger partial charge in [0.05, 0.1) is 23.8 Å². The second-order valence-electron chi connectivity index (χ2n) is 6.96. The molecule has 2 aromatic carbocycles. The molecule has 7 heteroatoms. The van der Waals surface area contributed by atoms with Gasteiger partial charge in [-0.25, -0.2) is 9.37 Å². The van der Waals surface area contributed by atoms with E-state index in [4.69, 9.17) is 0 Å². The molecule has 0 unspecified atom stereocenters. The lowest BCUT2D eigenvalue weighted by Gasteiger charge is -2.22. The van der Waals surface area contributed by atoms with E-state index < -0.39 is 0 Å². The third-order valence-electron chi connectivity index (χ3n) is 5.07. The van der Waals surface area contributed by atoms with Crippen LogP contribution in [-0.4, -0.2) is 57.8 Å². The Morgan fingerprint density at radius 1 is 1.00 bits per heavy atom. The lowest BCUT2D eigenvalue weighted by Crippen LogP contribution is -2.38. The van der Waals surface area contributed by atoms with Gasteiger partial charge in [-0.05, 0) is 42.3 Å². The summed E-state index contributed by atoms with van der Waals surface area (Å²) in [5, 5.41) is 0. The number of imidazole rings is 1. The van der Waals surface area contributed by atoms with E-state index in [1.165, 1.54) is 12.1 Å². The lowest BCUT2D eigenvalue weighted by atomic mass is 10.1. The molecule has 3 aromatic rings. The average molecular weight is 380 g/mol. The lowest BCUT2D eigenvalue weighted by molar-refractivity contribution is -0.130. The molecule has 0 aliphatic carbocycles. The van der Waals surface area contributed by atoms with Crippen molar-refractivity contribution >= 4 is 22.8 Å². The summed E-state index contributed by atoms with van der Waals surface area (Å²) in [6.07, 6.45) is 2.58. The highest BCUT2D eigenvalue weighted by atomic mass is 19.1. The molecule has 0 atom stereocenters. The summed E-state index contributed by atoms with van der Waals surface area (Å²) in [4.78, 5) is 36.2. The number of aromatic amines is 1. The maximum atomic E-state index is 13.0. The largest absolute Gasteiger partial charge is 0.345 e. The van der Waals surface area contributed by atoms with Gasteiger partial charge in [0.2, 0.25) is 5.91 Å². The van der Waals surface area contributed by atoms with E-state index in [1.807, 2.05) is 12.1 Å². The Morgan fingerprint density at radius 3 is 2.57 bits per heavy atom. The molecular weight excluding hydrogens is 359 g/mol. The zero-order valence-electron chi connectivity index (χ0n) is 15.4. The molecule has 2 amide bonds. The van der Waals surface area contributed by atoms with E-state index in [1.54, 1.807) is 34.3 Å². The molecule has 0 bridgehead atoms. The van der Waals surface area contributed by atoms with Crippen molar-refractivity contribution in [1.29, 1.82) is 0 Å². The normalized spacial score (nSPS) is 14.9. The highest BCUT2D eigenvalue weighted by Gasteiger charge is 2.23. The van der Waals surface area contributed by atoms with Crippen molar-refractivity contribution in [3.63, 3.8) is 0 Å². The molecule has 1 N–H and O–H groups in total. The van der Waals surface area contributed by atoms with Gasteiger partial charge >= 0.3 is 0 Å². The van der Waals surface area contributed by atoms with E-state index in [0.717, 1.165) is 23.0 Å². The number of aromatic nitrogens is 2. The summed E-state index contributed by atoms with van der Waals surface area (Å²) in [5.74, 6) is -0.349. The molecule has 4 rings (SSSR count). The molecule has 28 heavy (non-hydrogen) atoms. The number of amides is 2. The zero-order chi connectivity index (χ0) is 19.5. The molecule has 0 spiro atoms. The fourth-order valence-electron chi connectivity index (χ4n) is 3.51. The second kappa shape index (κ2) is 7.80. The van der Waals surface area contributed by atoms with Gasteiger partial charge in [-0.3, -0.25) is 9.59 Å². The molecule has 1 aromatic heterocycles. The predicted octanol–water partition coefficient (Wildman–Crippen LogP) is 2.62. The van der Waals surface area contributed by atoms with Crippen LogP contribution >= 0.6 is 0 Å². The van der Waals surface area contributed by atoms with Crippen LogP contribution in [0.4, 0.5) is 4.39 Å². The smallest absolute Gasteiger partial charge is 0.253 e. The molecule has 1 aliphatic rings. The van der Waals surface area contributed by atoms with Crippen molar-refractivity contribution in [1.82, 2.24) is 19.8 Å². The molecule has 144 valence electrons. The number of nitrogens with zero attached hydrogens (tertiary/aromatic N) is 3. The number of hydrogen-bond donors (Lipinski definition) is 1. The first kappa shape index (κ1) is 18.2. The zero-order valence-corrected chi connectivity index (χ0v) is 15.4. The number of H-pyrrole nitrogens is 1. The third kappa shape index (κ3) is 3.88. The van der Waals surface area contributed by atoms with Crippen LogP contribution in [0.3, 0.4) is 0 Å². The van der Waals surface area contributed by atoms with E-state index in [-0.39, 0.29) is 24.1 Å². The van der Waals surface area contributed by atoms with Gasteiger partial charge in [-0.2, -0.15) is 0 Å². The van der Waals surface area contributed by atoms with Crippen molar-refractivity contribution < 1.29 is 14.0 Å². The molecule has 1 fully saturated rings. The van der Waals surface area contributed by atoms with Crippen molar-refractivity contribution in [2.24, 2.45) is 0 Å². The van der Waals surface area contributed by atoms with E-state index in [2.05, 4.69) is 9.97 Å². The number of hydrogen-bond acceptors (Lipinski definition) is 3. The highest BCUT2D eigenvalue weighted by Crippen LogP contribution is 2.15. The van der Waals surface area contributed by atoms with Gasteiger partial charge < -0.3 is 14.8 Å². The summed E-state index contributed by atoms with van der Waals surface area (Å²) < 4.78 is 13.0. The number of fused-ring (bicyclic) bond motifs is 1. The number of carbonyl (C=O) groups is 2. The number of carbonyl (C=O) groups excluding carboxylic acids is 2. The fourth-order valence-corrected chi connectivity index (χ4v) is 3.51. The average Bonchev–Trinajstić information content (AvgIpc) is 3.03. The number of halogens is 1. The van der Waals surface area contributed by atoms with Crippen molar-refractivity contribution in [3.8, 4) is 0 Å². The van der Waals surface area contributed by atoms with Gasteiger partial charge in [-0.15, -0.1) is 0 Å². The highest BCUT2D eigenvalue weighted by molar-refractivity contribution is 5.97. The van der Waals surface area contributed by atoms with Crippen LogP contribution < -0.4 is 0 Å².